The Labute approximate surface area is 114 Å². The third-order valence-corrected chi connectivity index (χ3v) is 3.46. The summed E-state index contributed by atoms with van der Waals surface area (Å²) in [6.07, 6.45) is 2.59. The maximum absolute atomic E-state index is 11.8. The molecule has 0 spiro atoms. The van der Waals surface area contributed by atoms with Gasteiger partial charge in [0.1, 0.15) is 0 Å². The predicted molar refractivity (Wildman–Crippen MR) is 78.4 cm³/mol. The van der Waals surface area contributed by atoms with Gasteiger partial charge in [-0.25, -0.2) is 0 Å². The van der Waals surface area contributed by atoms with E-state index in [4.69, 9.17) is 5.73 Å². The van der Waals surface area contributed by atoms with Crippen LogP contribution in [-0.2, 0) is 0 Å². The highest BCUT2D eigenvalue weighted by Crippen LogP contribution is 2.19. The summed E-state index contributed by atoms with van der Waals surface area (Å²) in [6.45, 7) is 4.19. The highest BCUT2D eigenvalue weighted by molar-refractivity contribution is 6.00. The van der Waals surface area contributed by atoms with Crippen LogP contribution in [0.25, 0.3) is 0 Å². The van der Waals surface area contributed by atoms with E-state index in [1.807, 2.05) is 6.07 Å². The topological polar surface area (TPSA) is 70.4 Å². The number of benzene rings is 1. The van der Waals surface area contributed by atoms with Gasteiger partial charge < -0.3 is 21.3 Å². The minimum absolute atomic E-state index is 0.0938. The standard InChI is InChI=1S/C14H22N4O/c1-16-14(19)12-5-4-11(15)10-13(12)17-6-9-18-7-2-3-8-18/h4-5,10,17H,2-3,6-9,15H2,1H3,(H,16,19). The molecule has 2 rings (SSSR count). The van der Waals surface area contributed by atoms with Crippen LogP contribution in [0.5, 0.6) is 0 Å². The van der Waals surface area contributed by atoms with Crippen molar-refractivity contribution in [2.45, 2.75) is 12.8 Å². The van der Waals surface area contributed by atoms with Gasteiger partial charge in [-0.15, -0.1) is 0 Å². The van der Waals surface area contributed by atoms with E-state index in [1.54, 1.807) is 19.2 Å². The molecule has 1 aliphatic rings. The Hall–Kier alpha value is -1.75. The van der Waals surface area contributed by atoms with E-state index < -0.39 is 0 Å². The van der Waals surface area contributed by atoms with Crippen LogP contribution in [0.15, 0.2) is 18.2 Å². The summed E-state index contributed by atoms with van der Waals surface area (Å²) in [4.78, 5) is 14.2. The number of likely N-dealkylation sites (tertiary alicyclic amines) is 1. The number of nitrogens with one attached hydrogen (secondary N) is 2. The lowest BCUT2D eigenvalue weighted by molar-refractivity contribution is 0.0964. The number of nitrogens with zero attached hydrogens (tertiary/aromatic N) is 1. The molecule has 104 valence electrons. The van der Waals surface area contributed by atoms with E-state index in [9.17, 15) is 4.79 Å². The summed E-state index contributed by atoms with van der Waals surface area (Å²) in [6, 6.07) is 5.32. The average Bonchev–Trinajstić information content (AvgIpc) is 2.91. The van der Waals surface area contributed by atoms with Gasteiger partial charge in [-0.05, 0) is 44.1 Å². The second-order valence-corrected chi connectivity index (χ2v) is 4.86. The van der Waals surface area contributed by atoms with Gasteiger partial charge >= 0.3 is 0 Å². The van der Waals surface area contributed by atoms with Gasteiger partial charge in [-0.2, -0.15) is 0 Å². The number of hydrogen-bond acceptors (Lipinski definition) is 4. The Balaban J connectivity index is 1.97. The number of anilines is 2. The molecule has 5 heteroatoms. The second-order valence-electron chi connectivity index (χ2n) is 4.86. The summed E-state index contributed by atoms with van der Waals surface area (Å²) in [5.74, 6) is -0.0938. The van der Waals surface area contributed by atoms with Gasteiger partial charge in [0.05, 0.1) is 5.56 Å². The van der Waals surface area contributed by atoms with Crippen LogP contribution in [0.4, 0.5) is 11.4 Å². The maximum Gasteiger partial charge on any atom is 0.253 e. The first kappa shape index (κ1) is 13.7. The maximum atomic E-state index is 11.8. The Morgan fingerprint density at radius 3 is 2.79 bits per heavy atom. The van der Waals surface area contributed by atoms with Crippen molar-refractivity contribution in [3.8, 4) is 0 Å². The van der Waals surface area contributed by atoms with Crippen molar-refractivity contribution in [3.63, 3.8) is 0 Å². The molecule has 19 heavy (non-hydrogen) atoms. The number of nitrogens with two attached hydrogens (primary N) is 1. The summed E-state index contributed by atoms with van der Waals surface area (Å²) < 4.78 is 0. The van der Waals surface area contributed by atoms with Crippen LogP contribution in [0.2, 0.25) is 0 Å². The van der Waals surface area contributed by atoms with Crippen LogP contribution in [-0.4, -0.2) is 44.0 Å². The van der Waals surface area contributed by atoms with Gasteiger partial charge in [-0.1, -0.05) is 0 Å². The van der Waals surface area contributed by atoms with Gasteiger partial charge in [0.25, 0.3) is 5.91 Å². The zero-order chi connectivity index (χ0) is 13.7. The van der Waals surface area contributed by atoms with Crippen molar-refractivity contribution in [1.29, 1.82) is 0 Å². The molecular formula is C14H22N4O. The largest absolute Gasteiger partial charge is 0.399 e. The van der Waals surface area contributed by atoms with Crippen LogP contribution in [0.1, 0.15) is 23.2 Å². The van der Waals surface area contributed by atoms with E-state index in [-0.39, 0.29) is 5.91 Å². The van der Waals surface area contributed by atoms with E-state index in [0.29, 0.717) is 11.3 Å². The fraction of sp³-hybridized carbons (Fsp3) is 0.500. The molecule has 1 aromatic rings. The summed E-state index contributed by atoms with van der Waals surface area (Å²) in [5.41, 5.74) is 7.89. The van der Waals surface area contributed by atoms with E-state index in [1.165, 1.54) is 25.9 Å². The molecule has 1 fully saturated rings. The Morgan fingerprint density at radius 2 is 2.11 bits per heavy atom. The third kappa shape index (κ3) is 3.61. The number of amides is 1. The van der Waals surface area contributed by atoms with Crippen molar-refractivity contribution in [2.24, 2.45) is 0 Å². The highest BCUT2D eigenvalue weighted by atomic mass is 16.1. The first-order valence-corrected chi connectivity index (χ1v) is 6.78. The molecule has 0 aliphatic carbocycles. The van der Waals surface area contributed by atoms with Gasteiger partial charge in [0, 0.05) is 31.5 Å². The van der Waals surface area contributed by atoms with Crippen LogP contribution in [0.3, 0.4) is 0 Å². The normalized spacial score (nSPS) is 15.4. The third-order valence-electron chi connectivity index (χ3n) is 3.46. The van der Waals surface area contributed by atoms with Gasteiger partial charge in [0.15, 0.2) is 0 Å². The first-order chi connectivity index (χ1) is 9.20. The zero-order valence-electron chi connectivity index (χ0n) is 11.4. The van der Waals surface area contributed by atoms with Crippen molar-refractivity contribution < 1.29 is 4.79 Å². The van der Waals surface area contributed by atoms with Crippen LogP contribution >= 0.6 is 0 Å². The van der Waals surface area contributed by atoms with Crippen molar-refractivity contribution >= 4 is 17.3 Å². The Morgan fingerprint density at radius 1 is 1.37 bits per heavy atom. The molecule has 0 bridgehead atoms. The molecule has 1 aliphatic heterocycles. The molecule has 0 radical (unpaired) electrons. The van der Waals surface area contributed by atoms with Gasteiger partial charge in [0.2, 0.25) is 0 Å². The first-order valence-electron chi connectivity index (χ1n) is 6.78. The molecule has 0 atom stereocenters. The molecule has 0 unspecified atom stereocenters. The summed E-state index contributed by atoms with van der Waals surface area (Å²) in [5, 5.41) is 5.96. The lowest BCUT2D eigenvalue weighted by atomic mass is 10.1. The minimum Gasteiger partial charge on any atom is -0.399 e. The monoisotopic (exact) mass is 262 g/mol. The smallest absolute Gasteiger partial charge is 0.253 e. The Kier molecular flexibility index (Phi) is 4.63. The minimum atomic E-state index is -0.0938. The number of nitrogen functional groups attached to an aromatic ring is 1. The van der Waals surface area contributed by atoms with Crippen LogP contribution < -0.4 is 16.4 Å². The number of carbonyl (C=O) groups is 1. The molecule has 1 aromatic carbocycles. The fourth-order valence-corrected chi connectivity index (χ4v) is 2.40. The van der Waals surface area contributed by atoms with E-state index >= 15 is 0 Å². The number of hydrogen-bond donors (Lipinski definition) is 3. The molecule has 4 N–H and O–H groups in total. The second kappa shape index (κ2) is 6.43. The van der Waals surface area contributed by atoms with Crippen LogP contribution in [0, 0.1) is 0 Å². The summed E-state index contributed by atoms with van der Waals surface area (Å²) in [7, 11) is 1.63. The molecule has 1 amide bonds. The molecule has 1 saturated heterocycles. The predicted octanol–water partition coefficient (Wildman–Crippen LogP) is 1.14. The van der Waals surface area contributed by atoms with Crippen molar-refractivity contribution in [2.75, 3.05) is 44.3 Å². The lowest BCUT2D eigenvalue weighted by Crippen LogP contribution is -2.27. The highest BCUT2D eigenvalue weighted by Gasteiger charge is 2.12. The molecular weight excluding hydrogens is 240 g/mol. The van der Waals surface area contributed by atoms with Crippen molar-refractivity contribution in [3.05, 3.63) is 23.8 Å². The molecule has 0 aromatic heterocycles. The fourth-order valence-electron chi connectivity index (χ4n) is 2.40. The van der Waals surface area contributed by atoms with E-state index in [2.05, 4.69) is 15.5 Å². The van der Waals surface area contributed by atoms with Gasteiger partial charge in [-0.3, -0.25) is 4.79 Å². The van der Waals surface area contributed by atoms with E-state index in [0.717, 1.165) is 18.8 Å². The zero-order valence-corrected chi connectivity index (χ0v) is 11.4. The molecule has 5 nitrogen and oxygen atoms in total. The Bertz CT molecular complexity index is 441. The van der Waals surface area contributed by atoms with Crippen molar-refractivity contribution in [1.82, 2.24) is 10.2 Å². The molecule has 0 saturated carbocycles. The average molecular weight is 262 g/mol. The SMILES string of the molecule is CNC(=O)c1ccc(N)cc1NCCN1CCCC1. The quantitative estimate of drug-likeness (QED) is 0.696. The summed E-state index contributed by atoms with van der Waals surface area (Å²) >= 11 is 0. The molecule has 1 heterocycles. The number of carbonyl (C=O) groups excluding carboxylic acids is 1. The lowest BCUT2D eigenvalue weighted by Gasteiger charge is -2.17. The number of rotatable bonds is 5.